The second kappa shape index (κ2) is 7.98. The number of anilines is 2. The fraction of sp³-hybridized carbons (Fsp3) is 0.0870. The van der Waals surface area contributed by atoms with E-state index in [2.05, 4.69) is 20.6 Å². The largest absolute Gasteiger partial charge is 0.439 e. The van der Waals surface area contributed by atoms with Crippen molar-refractivity contribution in [1.82, 2.24) is 9.97 Å². The van der Waals surface area contributed by atoms with Crippen LogP contribution in [0, 0.1) is 6.92 Å². The zero-order valence-corrected chi connectivity index (χ0v) is 16.1. The van der Waals surface area contributed by atoms with Gasteiger partial charge in [0, 0.05) is 24.4 Å². The molecule has 0 aliphatic rings. The predicted molar refractivity (Wildman–Crippen MR) is 115 cm³/mol. The minimum atomic E-state index is -0.149. The number of nitrogens with zero attached hydrogens (tertiary/aromatic N) is 2. The zero-order valence-electron chi connectivity index (χ0n) is 16.1. The summed E-state index contributed by atoms with van der Waals surface area (Å²) in [7, 11) is 1.78. The average Bonchev–Trinajstić information content (AvgIpc) is 2.73. The van der Waals surface area contributed by atoms with E-state index in [1.54, 1.807) is 13.1 Å². The van der Waals surface area contributed by atoms with Gasteiger partial charge < -0.3 is 15.4 Å². The Bertz CT molecular complexity index is 1190. The number of fused-ring (bicyclic) bond motifs is 1. The Labute approximate surface area is 168 Å². The summed E-state index contributed by atoms with van der Waals surface area (Å²) in [6.07, 6.45) is 1.44. The van der Waals surface area contributed by atoms with Gasteiger partial charge in [0.15, 0.2) is 0 Å². The van der Waals surface area contributed by atoms with Gasteiger partial charge in [-0.2, -0.15) is 0 Å². The number of amides is 1. The summed E-state index contributed by atoms with van der Waals surface area (Å²) in [5.41, 5.74) is 2.47. The van der Waals surface area contributed by atoms with Crippen molar-refractivity contribution in [3.05, 3.63) is 84.2 Å². The molecule has 0 aliphatic carbocycles. The Kier molecular flexibility index (Phi) is 5.07. The molecule has 0 saturated carbocycles. The molecule has 6 nitrogen and oxygen atoms in total. The van der Waals surface area contributed by atoms with Gasteiger partial charge >= 0.3 is 0 Å². The van der Waals surface area contributed by atoms with Crippen molar-refractivity contribution in [2.45, 2.75) is 6.92 Å². The molecule has 0 atom stereocenters. The molecule has 144 valence electrons. The summed E-state index contributed by atoms with van der Waals surface area (Å²) in [5, 5.41) is 7.67. The number of carbonyl (C=O) groups excluding carboxylic acids is 1. The molecule has 0 aliphatic heterocycles. The van der Waals surface area contributed by atoms with Crippen LogP contribution in [0.15, 0.2) is 73.1 Å². The Morgan fingerprint density at radius 3 is 2.66 bits per heavy atom. The van der Waals surface area contributed by atoms with E-state index in [0.717, 1.165) is 22.0 Å². The maximum atomic E-state index is 12.8. The first-order valence-electron chi connectivity index (χ1n) is 9.21. The predicted octanol–water partition coefficient (Wildman–Crippen LogP) is 5.02. The summed E-state index contributed by atoms with van der Waals surface area (Å²) in [5.74, 6) is 1.60. The first kappa shape index (κ1) is 18.4. The third-order valence-electron chi connectivity index (χ3n) is 4.49. The van der Waals surface area contributed by atoms with Crippen LogP contribution in [0.4, 0.5) is 11.5 Å². The molecular formula is C23H20N4O2. The van der Waals surface area contributed by atoms with Gasteiger partial charge in [-0.1, -0.05) is 24.3 Å². The molecule has 2 N–H and O–H groups in total. The van der Waals surface area contributed by atoms with E-state index in [1.807, 2.05) is 67.6 Å². The molecule has 4 rings (SSSR count). The Morgan fingerprint density at radius 2 is 1.83 bits per heavy atom. The monoisotopic (exact) mass is 384 g/mol. The Balaban J connectivity index is 1.61. The minimum absolute atomic E-state index is 0.149. The van der Waals surface area contributed by atoms with Crippen LogP contribution in [0.2, 0.25) is 0 Å². The Hall–Kier alpha value is -3.93. The van der Waals surface area contributed by atoms with Crippen LogP contribution in [0.3, 0.4) is 0 Å². The number of aromatic nitrogens is 2. The van der Waals surface area contributed by atoms with Crippen molar-refractivity contribution in [2.24, 2.45) is 0 Å². The topological polar surface area (TPSA) is 76.1 Å². The average molecular weight is 384 g/mol. The van der Waals surface area contributed by atoms with E-state index in [9.17, 15) is 4.79 Å². The number of rotatable bonds is 5. The van der Waals surface area contributed by atoms with E-state index in [0.29, 0.717) is 23.0 Å². The highest BCUT2D eigenvalue weighted by atomic mass is 16.5. The molecule has 1 heterocycles. The summed E-state index contributed by atoms with van der Waals surface area (Å²) in [6.45, 7) is 1.99. The van der Waals surface area contributed by atoms with E-state index >= 15 is 0 Å². The fourth-order valence-corrected chi connectivity index (χ4v) is 3.10. The van der Waals surface area contributed by atoms with Crippen molar-refractivity contribution in [3.63, 3.8) is 0 Å². The molecular weight excluding hydrogens is 364 g/mol. The van der Waals surface area contributed by atoms with Crippen LogP contribution in [0.5, 0.6) is 11.6 Å². The highest BCUT2D eigenvalue weighted by molar-refractivity contribution is 6.13. The van der Waals surface area contributed by atoms with Gasteiger partial charge in [-0.25, -0.2) is 9.97 Å². The molecule has 3 aromatic carbocycles. The van der Waals surface area contributed by atoms with Crippen molar-refractivity contribution < 1.29 is 9.53 Å². The van der Waals surface area contributed by atoms with Crippen LogP contribution >= 0.6 is 0 Å². The lowest BCUT2D eigenvalue weighted by molar-refractivity contribution is 0.102. The summed E-state index contributed by atoms with van der Waals surface area (Å²) in [6, 6.07) is 20.7. The zero-order chi connectivity index (χ0) is 20.2. The SMILES string of the molecule is CNc1cc(Oc2ccc3c(C(=O)Nc4cccc(C)c4)cccc3c2)ncn1. The summed E-state index contributed by atoms with van der Waals surface area (Å²) in [4.78, 5) is 21.0. The number of ether oxygens (including phenoxy) is 1. The number of aryl methyl sites for hydroxylation is 1. The van der Waals surface area contributed by atoms with Crippen LogP contribution < -0.4 is 15.4 Å². The number of benzene rings is 3. The number of carbonyl (C=O) groups is 1. The second-order valence-electron chi connectivity index (χ2n) is 6.61. The molecule has 1 amide bonds. The molecule has 4 aromatic rings. The van der Waals surface area contributed by atoms with E-state index in [-0.39, 0.29) is 5.91 Å². The number of hydrogen-bond donors (Lipinski definition) is 2. The smallest absolute Gasteiger partial charge is 0.256 e. The number of nitrogens with one attached hydrogen (secondary N) is 2. The maximum Gasteiger partial charge on any atom is 0.256 e. The molecule has 0 fully saturated rings. The first-order valence-corrected chi connectivity index (χ1v) is 9.21. The van der Waals surface area contributed by atoms with Crippen LogP contribution in [-0.2, 0) is 0 Å². The highest BCUT2D eigenvalue weighted by Crippen LogP contribution is 2.27. The van der Waals surface area contributed by atoms with Gasteiger partial charge in [-0.15, -0.1) is 0 Å². The van der Waals surface area contributed by atoms with Crippen molar-refractivity contribution in [3.8, 4) is 11.6 Å². The first-order chi connectivity index (χ1) is 14.1. The third kappa shape index (κ3) is 4.16. The second-order valence-corrected chi connectivity index (χ2v) is 6.61. The molecule has 0 saturated heterocycles. The maximum absolute atomic E-state index is 12.8. The minimum Gasteiger partial charge on any atom is -0.439 e. The van der Waals surface area contributed by atoms with Crippen molar-refractivity contribution >= 4 is 28.2 Å². The van der Waals surface area contributed by atoms with Crippen LogP contribution in [0.25, 0.3) is 10.8 Å². The van der Waals surface area contributed by atoms with Crippen LogP contribution in [0.1, 0.15) is 15.9 Å². The van der Waals surface area contributed by atoms with E-state index in [4.69, 9.17) is 4.74 Å². The molecule has 6 heteroatoms. The summed E-state index contributed by atoms with van der Waals surface area (Å²) >= 11 is 0. The fourth-order valence-electron chi connectivity index (χ4n) is 3.10. The normalized spacial score (nSPS) is 10.6. The van der Waals surface area contributed by atoms with Crippen molar-refractivity contribution in [1.29, 1.82) is 0 Å². The molecule has 0 radical (unpaired) electrons. The van der Waals surface area contributed by atoms with E-state index in [1.165, 1.54) is 6.33 Å². The molecule has 0 unspecified atom stereocenters. The molecule has 29 heavy (non-hydrogen) atoms. The van der Waals surface area contributed by atoms with Gasteiger partial charge in [-0.3, -0.25) is 4.79 Å². The molecule has 0 bridgehead atoms. The van der Waals surface area contributed by atoms with Gasteiger partial charge in [0.1, 0.15) is 17.9 Å². The molecule has 1 aromatic heterocycles. The van der Waals surface area contributed by atoms with Gasteiger partial charge in [0.05, 0.1) is 0 Å². The van der Waals surface area contributed by atoms with E-state index < -0.39 is 0 Å². The Morgan fingerprint density at radius 1 is 0.966 bits per heavy atom. The lowest BCUT2D eigenvalue weighted by atomic mass is 10.0. The lowest BCUT2D eigenvalue weighted by Crippen LogP contribution is -2.12. The standard InChI is InChI=1S/C23H20N4O2/c1-15-5-3-7-17(11-15)27-23(28)20-8-4-6-16-12-18(9-10-19(16)20)29-22-13-21(24-2)25-14-26-22/h3-14H,1-2H3,(H,27,28)(H,24,25,26). The van der Waals surface area contributed by atoms with Gasteiger partial charge in [-0.05, 0) is 59.7 Å². The molecule has 0 spiro atoms. The van der Waals surface area contributed by atoms with Crippen molar-refractivity contribution in [2.75, 3.05) is 17.7 Å². The number of hydrogen-bond acceptors (Lipinski definition) is 5. The highest BCUT2D eigenvalue weighted by Gasteiger charge is 2.11. The lowest BCUT2D eigenvalue weighted by Gasteiger charge is -2.10. The van der Waals surface area contributed by atoms with Gasteiger partial charge in [0.25, 0.3) is 5.91 Å². The van der Waals surface area contributed by atoms with Crippen LogP contribution in [-0.4, -0.2) is 22.9 Å². The summed E-state index contributed by atoms with van der Waals surface area (Å²) < 4.78 is 5.85. The third-order valence-corrected chi connectivity index (χ3v) is 4.49. The quantitative estimate of drug-likeness (QED) is 0.505. The van der Waals surface area contributed by atoms with Gasteiger partial charge in [0.2, 0.25) is 5.88 Å².